The van der Waals surface area contributed by atoms with Crippen LogP contribution in [-0.4, -0.2) is 45.9 Å². The Balaban J connectivity index is 1.85. The first-order valence-corrected chi connectivity index (χ1v) is 12.0. The minimum absolute atomic E-state index is 0.00964. The van der Waals surface area contributed by atoms with Gasteiger partial charge in [-0.05, 0) is 24.3 Å². The van der Waals surface area contributed by atoms with Gasteiger partial charge in [-0.2, -0.15) is 0 Å². The second-order valence-electron chi connectivity index (χ2n) is 9.32. The number of carbonyl (C=O) groups is 2. The fourth-order valence-electron chi connectivity index (χ4n) is 4.32. The molecule has 0 aliphatic carbocycles. The lowest BCUT2D eigenvalue weighted by Crippen LogP contribution is -2.45. The third-order valence-electron chi connectivity index (χ3n) is 6.11. The number of unbranched alkanes of at least 4 members (excludes halogenated alkanes) is 1. The number of carbonyl (C=O) groups excluding carboxylic acids is 2. The van der Waals surface area contributed by atoms with E-state index in [1.165, 1.54) is 9.47 Å². The molecule has 2 heterocycles. The van der Waals surface area contributed by atoms with Crippen molar-refractivity contribution < 1.29 is 9.59 Å². The Labute approximate surface area is 199 Å². The van der Waals surface area contributed by atoms with E-state index in [1.54, 1.807) is 4.90 Å². The van der Waals surface area contributed by atoms with Gasteiger partial charge in [0, 0.05) is 32.6 Å². The molecule has 0 saturated carbocycles. The maximum absolute atomic E-state index is 13.6. The molecule has 2 aromatic rings. The van der Waals surface area contributed by atoms with Crippen molar-refractivity contribution in [2.45, 2.75) is 53.0 Å². The van der Waals surface area contributed by atoms with Gasteiger partial charge in [0.15, 0.2) is 5.69 Å². The number of benzene rings is 1. The van der Waals surface area contributed by atoms with Crippen molar-refractivity contribution in [3.05, 3.63) is 56.7 Å². The quantitative estimate of drug-likeness (QED) is 0.551. The van der Waals surface area contributed by atoms with Gasteiger partial charge in [-0.25, -0.2) is 4.79 Å². The molecule has 1 saturated heterocycles. The number of anilines is 2. The number of hydrogen-bond acceptors (Lipinski definition) is 5. The van der Waals surface area contributed by atoms with Gasteiger partial charge in [0.2, 0.25) is 11.8 Å². The highest BCUT2D eigenvalue weighted by Gasteiger charge is 2.38. The lowest BCUT2D eigenvalue weighted by molar-refractivity contribution is -0.128. The molecule has 2 amide bonds. The first-order chi connectivity index (χ1) is 16.2. The van der Waals surface area contributed by atoms with E-state index >= 15 is 0 Å². The number of aromatic amines is 1. The zero-order valence-electron chi connectivity index (χ0n) is 20.3. The molecule has 34 heavy (non-hydrogen) atoms. The van der Waals surface area contributed by atoms with Crippen molar-refractivity contribution in [1.29, 1.82) is 0 Å². The van der Waals surface area contributed by atoms with Crippen LogP contribution in [0, 0.1) is 11.8 Å². The van der Waals surface area contributed by atoms with Gasteiger partial charge in [-0.15, -0.1) is 0 Å². The summed E-state index contributed by atoms with van der Waals surface area (Å²) in [5.41, 5.74) is 6.12. The second-order valence-corrected chi connectivity index (χ2v) is 9.32. The molecule has 0 bridgehead atoms. The summed E-state index contributed by atoms with van der Waals surface area (Å²) in [4.78, 5) is 56.8. The smallest absolute Gasteiger partial charge is 0.330 e. The highest BCUT2D eigenvalue weighted by atomic mass is 16.2. The van der Waals surface area contributed by atoms with Gasteiger partial charge in [-0.1, -0.05) is 57.5 Å². The maximum Gasteiger partial charge on any atom is 0.330 e. The molecule has 3 N–H and O–H groups in total. The molecule has 0 unspecified atom stereocenters. The summed E-state index contributed by atoms with van der Waals surface area (Å²) < 4.78 is 1.31. The van der Waals surface area contributed by atoms with Crippen molar-refractivity contribution in [3.63, 3.8) is 0 Å². The van der Waals surface area contributed by atoms with E-state index in [-0.39, 0.29) is 42.2 Å². The molecular weight excluding hydrogens is 434 g/mol. The standard InChI is InChI=1S/C25H35N5O4/c1-4-5-12-29-22(26)21(23(32)27-25(29)34)30(15-17(2)3)24(33)19-14-20(31)28(16-19)13-11-18-9-7-6-8-10-18/h6-10,17,19H,4-5,11-16,26H2,1-3H3,(H,27,32,34)/t19-/m1/s1. The van der Waals surface area contributed by atoms with Crippen LogP contribution in [0.25, 0.3) is 0 Å². The van der Waals surface area contributed by atoms with Gasteiger partial charge in [-0.3, -0.25) is 23.9 Å². The summed E-state index contributed by atoms with van der Waals surface area (Å²) in [5.74, 6) is -0.931. The van der Waals surface area contributed by atoms with Crippen molar-refractivity contribution in [1.82, 2.24) is 14.5 Å². The van der Waals surface area contributed by atoms with Crippen molar-refractivity contribution in [2.24, 2.45) is 11.8 Å². The van der Waals surface area contributed by atoms with E-state index in [2.05, 4.69) is 4.98 Å². The first-order valence-electron chi connectivity index (χ1n) is 12.0. The van der Waals surface area contributed by atoms with Crippen LogP contribution < -0.4 is 21.9 Å². The van der Waals surface area contributed by atoms with E-state index in [0.717, 1.165) is 12.0 Å². The molecule has 1 atom stereocenters. The molecule has 1 aromatic heterocycles. The summed E-state index contributed by atoms with van der Waals surface area (Å²) in [6.45, 7) is 7.29. The van der Waals surface area contributed by atoms with E-state index in [1.807, 2.05) is 51.1 Å². The van der Waals surface area contributed by atoms with E-state index < -0.39 is 17.2 Å². The minimum atomic E-state index is -0.686. The monoisotopic (exact) mass is 469 g/mol. The highest BCUT2D eigenvalue weighted by Crippen LogP contribution is 2.26. The van der Waals surface area contributed by atoms with Crippen LogP contribution in [0.5, 0.6) is 0 Å². The van der Waals surface area contributed by atoms with Gasteiger partial charge < -0.3 is 15.5 Å². The predicted octanol–water partition coefficient (Wildman–Crippen LogP) is 2.00. The largest absolute Gasteiger partial charge is 0.383 e. The van der Waals surface area contributed by atoms with Crippen LogP contribution in [0.2, 0.25) is 0 Å². The summed E-state index contributed by atoms with van der Waals surface area (Å²) >= 11 is 0. The van der Waals surface area contributed by atoms with Crippen LogP contribution in [0.15, 0.2) is 39.9 Å². The molecule has 3 rings (SSSR count). The minimum Gasteiger partial charge on any atom is -0.383 e. The number of nitrogens with one attached hydrogen (secondary N) is 1. The van der Waals surface area contributed by atoms with Crippen molar-refractivity contribution >= 4 is 23.3 Å². The Bertz CT molecular complexity index is 1120. The van der Waals surface area contributed by atoms with Crippen LogP contribution >= 0.6 is 0 Å². The number of aromatic nitrogens is 2. The molecule has 1 aliphatic heterocycles. The van der Waals surface area contributed by atoms with Gasteiger partial charge >= 0.3 is 5.69 Å². The molecule has 184 valence electrons. The summed E-state index contributed by atoms with van der Waals surface area (Å²) in [6.07, 6.45) is 2.35. The van der Waals surface area contributed by atoms with Gasteiger partial charge in [0.1, 0.15) is 5.82 Å². The number of nitrogens with two attached hydrogens (primary N) is 1. The van der Waals surface area contributed by atoms with E-state index in [4.69, 9.17) is 5.73 Å². The highest BCUT2D eigenvalue weighted by molar-refractivity contribution is 6.00. The number of nitrogens with zero attached hydrogens (tertiary/aromatic N) is 3. The van der Waals surface area contributed by atoms with Crippen molar-refractivity contribution in [3.8, 4) is 0 Å². The fraction of sp³-hybridized carbons (Fsp3) is 0.520. The Morgan fingerprint density at radius 2 is 1.88 bits per heavy atom. The summed E-state index contributed by atoms with van der Waals surface area (Å²) in [7, 11) is 0. The molecule has 9 nitrogen and oxygen atoms in total. The maximum atomic E-state index is 13.6. The van der Waals surface area contributed by atoms with Crippen LogP contribution in [-0.2, 0) is 22.6 Å². The van der Waals surface area contributed by atoms with E-state index in [0.29, 0.717) is 32.5 Å². The van der Waals surface area contributed by atoms with Crippen LogP contribution in [0.3, 0.4) is 0 Å². The average Bonchev–Trinajstić information content (AvgIpc) is 3.17. The molecular formula is C25H35N5O4. The SMILES string of the molecule is CCCCn1c(N)c(N(CC(C)C)C(=O)[C@@H]2CC(=O)N(CCc3ccccc3)C2)c(=O)[nH]c1=O. The number of rotatable bonds is 10. The Hall–Kier alpha value is -3.36. The lowest BCUT2D eigenvalue weighted by Gasteiger charge is -2.28. The Morgan fingerprint density at radius 1 is 1.18 bits per heavy atom. The molecule has 1 aromatic carbocycles. The number of nitrogen functional groups attached to an aromatic ring is 1. The zero-order chi connectivity index (χ0) is 24.8. The molecule has 1 aliphatic rings. The zero-order valence-corrected chi connectivity index (χ0v) is 20.3. The van der Waals surface area contributed by atoms with Crippen LogP contribution in [0.1, 0.15) is 45.6 Å². The third kappa shape index (κ3) is 5.76. The fourth-order valence-corrected chi connectivity index (χ4v) is 4.32. The molecule has 0 spiro atoms. The number of hydrogen-bond donors (Lipinski definition) is 2. The lowest BCUT2D eigenvalue weighted by atomic mass is 10.1. The summed E-state index contributed by atoms with van der Waals surface area (Å²) in [5, 5.41) is 0. The average molecular weight is 470 g/mol. The first kappa shape index (κ1) is 25.3. The van der Waals surface area contributed by atoms with Gasteiger partial charge in [0.05, 0.1) is 5.92 Å². The number of amides is 2. The van der Waals surface area contributed by atoms with E-state index in [9.17, 15) is 19.2 Å². The van der Waals surface area contributed by atoms with Gasteiger partial charge in [0.25, 0.3) is 5.56 Å². The summed E-state index contributed by atoms with van der Waals surface area (Å²) in [6, 6.07) is 9.88. The number of likely N-dealkylation sites (tertiary alicyclic amines) is 1. The normalized spacial score (nSPS) is 15.8. The Kier molecular flexibility index (Phi) is 8.31. The molecule has 9 heteroatoms. The second kappa shape index (κ2) is 11.2. The van der Waals surface area contributed by atoms with Crippen LogP contribution in [0.4, 0.5) is 11.5 Å². The van der Waals surface area contributed by atoms with Crippen molar-refractivity contribution in [2.75, 3.05) is 30.3 Å². The third-order valence-corrected chi connectivity index (χ3v) is 6.11. The molecule has 1 fully saturated rings. The Morgan fingerprint density at radius 3 is 2.53 bits per heavy atom. The molecule has 0 radical (unpaired) electrons. The topological polar surface area (TPSA) is 121 Å². The predicted molar refractivity (Wildman–Crippen MR) is 133 cm³/mol. The number of H-pyrrole nitrogens is 1.